The van der Waals surface area contributed by atoms with Crippen LogP contribution in [-0.4, -0.2) is 66.4 Å². The minimum absolute atomic E-state index is 0.164. The van der Waals surface area contributed by atoms with Crippen LogP contribution in [0.2, 0.25) is 0 Å². The molecule has 0 unspecified atom stereocenters. The van der Waals surface area contributed by atoms with Crippen molar-refractivity contribution in [3.8, 4) is 0 Å². The molecule has 1 heterocycles. The van der Waals surface area contributed by atoms with Crippen LogP contribution in [-0.2, 0) is 10.5 Å². The molecule has 1 aliphatic heterocycles. The number of aliphatic hydroxyl groups is 5. The van der Waals surface area contributed by atoms with Gasteiger partial charge in [0, 0.05) is 6.07 Å². The van der Waals surface area contributed by atoms with Crippen molar-refractivity contribution in [3.63, 3.8) is 0 Å². The van der Waals surface area contributed by atoms with Crippen molar-refractivity contribution in [2.24, 2.45) is 0 Å². The Labute approximate surface area is 139 Å². The molecule has 0 bridgehead atoms. The zero-order valence-electron chi connectivity index (χ0n) is 12.8. The maximum absolute atomic E-state index is 11.3. The molecule has 0 aromatic heterocycles. The van der Waals surface area contributed by atoms with E-state index in [1.165, 1.54) is 6.92 Å². The van der Waals surface area contributed by atoms with Gasteiger partial charge in [-0.1, -0.05) is 0 Å². The van der Waals surface area contributed by atoms with Crippen LogP contribution in [0, 0.1) is 27.2 Å². The quantitative estimate of drug-likeness (QED) is 0.309. The standard InChI is InChI=1S/C13H16N2O10/c1-5-2-6(14(21)22)3-7(15(23)24)9(5)13(20)12(19)11(18)10(17)8(4-16)25-13/h2-3,8,10-12,16-20H,4H2,1H3/t8-,10+,11+,12-,13-/m1/s1. The second kappa shape index (κ2) is 6.59. The molecule has 1 aliphatic rings. The molecule has 5 atom stereocenters. The van der Waals surface area contributed by atoms with E-state index in [1.807, 2.05) is 0 Å². The summed E-state index contributed by atoms with van der Waals surface area (Å²) >= 11 is 0. The third-order valence-corrected chi connectivity index (χ3v) is 4.03. The van der Waals surface area contributed by atoms with Gasteiger partial charge in [0.15, 0.2) is 0 Å². The predicted molar refractivity (Wildman–Crippen MR) is 78.4 cm³/mol. The van der Waals surface area contributed by atoms with E-state index < -0.39 is 63.6 Å². The summed E-state index contributed by atoms with van der Waals surface area (Å²) in [6.45, 7) is 0.335. The highest BCUT2D eigenvalue weighted by molar-refractivity contribution is 5.56. The van der Waals surface area contributed by atoms with E-state index in [9.17, 15) is 45.8 Å². The molecule has 1 fully saturated rings. The van der Waals surface area contributed by atoms with E-state index in [-0.39, 0.29) is 5.56 Å². The fourth-order valence-corrected chi connectivity index (χ4v) is 2.83. The van der Waals surface area contributed by atoms with Gasteiger partial charge in [-0.3, -0.25) is 20.2 Å². The molecule has 1 aromatic rings. The maximum Gasteiger partial charge on any atom is 0.285 e. The van der Waals surface area contributed by atoms with Gasteiger partial charge < -0.3 is 30.3 Å². The average Bonchev–Trinajstić information content (AvgIpc) is 2.55. The van der Waals surface area contributed by atoms with Gasteiger partial charge in [-0.15, -0.1) is 0 Å². The second-order valence-electron chi connectivity index (χ2n) is 5.63. The van der Waals surface area contributed by atoms with E-state index in [1.54, 1.807) is 0 Å². The fraction of sp³-hybridized carbons (Fsp3) is 0.538. The molecular formula is C13H16N2O10. The molecule has 0 aliphatic carbocycles. The van der Waals surface area contributed by atoms with Crippen LogP contribution in [0.3, 0.4) is 0 Å². The predicted octanol–water partition coefficient (Wildman–Crippen LogP) is -1.57. The van der Waals surface area contributed by atoms with Gasteiger partial charge in [0.05, 0.1) is 28.1 Å². The number of nitrogens with zero attached hydrogens (tertiary/aromatic N) is 2. The summed E-state index contributed by atoms with van der Waals surface area (Å²) in [5.41, 5.74) is -2.34. The molecular weight excluding hydrogens is 344 g/mol. The highest BCUT2D eigenvalue weighted by atomic mass is 16.7. The van der Waals surface area contributed by atoms with Gasteiger partial charge in [-0.05, 0) is 12.5 Å². The van der Waals surface area contributed by atoms with Crippen molar-refractivity contribution in [1.29, 1.82) is 0 Å². The molecule has 5 N–H and O–H groups in total. The first-order valence-electron chi connectivity index (χ1n) is 7.03. The monoisotopic (exact) mass is 360 g/mol. The number of hydrogen-bond acceptors (Lipinski definition) is 10. The Kier molecular flexibility index (Phi) is 5.04. The molecule has 1 saturated heterocycles. The van der Waals surface area contributed by atoms with Gasteiger partial charge >= 0.3 is 0 Å². The topological polar surface area (TPSA) is 197 Å². The minimum Gasteiger partial charge on any atom is -0.394 e. The van der Waals surface area contributed by atoms with E-state index in [0.29, 0.717) is 6.07 Å². The molecule has 0 amide bonds. The van der Waals surface area contributed by atoms with Crippen molar-refractivity contribution in [3.05, 3.63) is 43.5 Å². The molecule has 12 heteroatoms. The Hall–Kier alpha value is -2.22. The second-order valence-corrected chi connectivity index (χ2v) is 5.63. The van der Waals surface area contributed by atoms with Crippen LogP contribution >= 0.6 is 0 Å². The van der Waals surface area contributed by atoms with Crippen LogP contribution in [0.5, 0.6) is 0 Å². The molecule has 2 rings (SSSR count). The SMILES string of the molecule is Cc1cc([N+](=O)[O-])cc([N+](=O)[O-])c1[C@@]1(O)O[C@H](CO)[C@H](O)[C@H](O)[C@H]1O. The van der Waals surface area contributed by atoms with Gasteiger partial charge in [-0.25, -0.2) is 0 Å². The van der Waals surface area contributed by atoms with Crippen LogP contribution in [0.15, 0.2) is 12.1 Å². The first kappa shape index (κ1) is 19.1. The molecule has 138 valence electrons. The van der Waals surface area contributed by atoms with Gasteiger partial charge in [0.2, 0.25) is 5.79 Å². The van der Waals surface area contributed by atoms with Crippen molar-refractivity contribution in [2.75, 3.05) is 6.61 Å². The summed E-state index contributed by atoms with van der Waals surface area (Å²) in [5.74, 6) is -2.88. The van der Waals surface area contributed by atoms with Crippen molar-refractivity contribution in [2.45, 2.75) is 37.1 Å². The normalized spacial score (nSPS) is 32.4. The summed E-state index contributed by atoms with van der Waals surface area (Å²) in [5, 5.41) is 71.8. The van der Waals surface area contributed by atoms with Crippen LogP contribution in [0.25, 0.3) is 0 Å². The molecule has 1 aromatic carbocycles. The van der Waals surface area contributed by atoms with Crippen LogP contribution in [0.4, 0.5) is 11.4 Å². The molecule has 12 nitrogen and oxygen atoms in total. The zero-order chi connectivity index (χ0) is 19.1. The Balaban J connectivity index is 2.70. The average molecular weight is 360 g/mol. The molecule has 25 heavy (non-hydrogen) atoms. The van der Waals surface area contributed by atoms with Gasteiger partial charge in [-0.2, -0.15) is 0 Å². The highest BCUT2D eigenvalue weighted by Crippen LogP contribution is 2.43. The van der Waals surface area contributed by atoms with Crippen molar-refractivity contribution >= 4 is 11.4 Å². The third-order valence-electron chi connectivity index (χ3n) is 4.03. The number of nitro benzene ring substituents is 2. The van der Waals surface area contributed by atoms with Gasteiger partial charge in [0.1, 0.15) is 24.4 Å². The smallest absolute Gasteiger partial charge is 0.285 e. The molecule has 0 spiro atoms. The number of rotatable bonds is 4. The Morgan fingerprint density at radius 2 is 1.76 bits per heavy atom. The van der Waals surface area contributed by atoms with E-state index in [4.69, 9.17) is 4.74 Å². The number of aryl methyl sites for hydroxylation is 1. The highest BCUT2D eigenvalue weighted by Gasteiger charge is 2.56. The Morgan fingerprint density at radius 1 is 1.16 bits per heavy atom. The number of non-ortho nitro benzene ring substituents is 1. The lowest BCUT2D eigenvalue weighted by Crippen LogP contribution is -2.63. The molecule has 0 saturated carbocycles. The van der Waals surface area contributed by atoms with E-state index in [2.05, 4.69) is 0 Å². The summed E-state index contributed by atoms with van der Waals surface area (Å²) in [6.07, 6.45) is -7.54. The number of benzene rings is 1. The van der Waals surface area contributed by atoms with E-state index >= 15 is 0 Å². The number of aliphatic hydroxyl groups excluding tert-OH is 4. The van der Waals surface area contributed by atoms with Gasteiger partial charge in [0.25, 0.3) is 11.4 Å². The summed E-state index contributed by atoms with van der Waals surface area (Å²) in [4.78, 5) is 20.3. The first-order chi connectivity index (χ1) is 11.5. The lowest BCUT2D eigenvalue weighted by atomic mass is 9.85. The Morgan fingerprint density at radius 3 is 2.24 bits per heavy atom. The third kappa shape index (κ3) is 3.06. The number of nitro groups is 2. The minimum atomic E-state index is -2.88. The van der Waals surface area contributed by atoms with Crippen molar-refractivity contribution in [1.82, 2.24) is 0 Å². The van der Waals surface area contributed by atoms with Crippen molar-refractivity contribution < 1.29 is 40.1 Å². The first-order valence-corrected chi connectivity index (χ1v) is 7.03. The maximum atomic E-state index is 11.3. The summed E-state index contributed by atoms with van der Waals surface area (Å²) in [7, 11) is 0. The zero-order valence-corrected chi connectivity index (χ0v) is 12.8. The number of hydrogen-bond donors (Lipinski definition) is 5. The molecule has 0 radical (unpaired) electrons. The largest absolute Gasteiger partial charge is 0.394 e. The van der Waals surface area contributed by atoms with E-state index in [0.717, 1.165) is 6.07 Å². The van der Waals surface area contributed by atoms with Crippen LogP contribution < -0.4 is 0 Å². The lowest BCUT2D eigenvalue weighted by Gasteiger charge is -2.45. The lowest BCUT2D eigenvalue weighted by molar-refractivity contribution is -0.401. The van der Waals surface area contributed by atoms with Crippen LogP contribution in [0.1, 0.15) is 11.1 Å². The summed E-state index contributed by atoms with van der Waals surface area (Å²) in [6, 6.07) is 1.49. The fourth-order valence-electron chi connectivity index (χ4n) is 2.83. The summed E-state index contributed by atoms with van der Waals surface area (Å²) < 4.78 is 5.05. The number of ether oxygens (including phenoxy) is 1. The Bertz CT molecular complexity index is 708.